The second-order valence-corrected chi connectivity index (χ2v) is 9.32. The predicted octanol–water partition coefficient (Wildman–Crippen LogP) is 3.78. The van der Waals surface area contributed by atoms with E-state index in [1.807, 2.05) is 6.07 Å². The molecule has 4 rings (SSSR count). The number of aromatic nitrogens is 2. The first-order valence-corrected chi connectivity index (χ1v) is 12.4. The molecule has 11 heteroatoms. The molecular formula is C26H22N4O6S. The Morgan fingerprint density at radius 1 is 0.757 bits per heavy atom. The number of ketones is 1. The number of amides is 1. The molecule has 0 radical (unpaired) electrons. The molecule has 0 aliphatic carbocycles. The Morgan fingerprint density at radius 3 is 2.00 bits per heavy atom. The summed E-state index contributed by atoms with van der Waals surface area (Å²) in [5, 5.41) is 2.70. The summed E-state index contributed by atoms with van der Waals surface area (Å²) in [5.74, 6) is -0.459. The Hall–Kier alpha value is -4.77. The van der Waals surface area contributed by atoms with E-state index in [4.69, 9.17) is 9.47 Å². The molecule has 0 aliphatic heterocycles. The molecule has 10 nitrogen and oxygen atoms in total. The van der Waals surface area contributed by atoms with Crippen molar-refractivity contribution in [2.45, 2.75) is 4.90 Å². The van der Waals surface area contributed by atoms with Gasteiger partial charge in [-0.15, -0.1) is 0 Å². The van der Waals surface area contributed by atoms with Crippen LogP contribution in [-0.2, 0) is 10.0 Å². The standard InChI is InChI=1S/C26H22N4O6S/c1-35-23-16-22(28-26(29-23)36-2)30-37(33,34)21-14-12-20(13-15-21)27-25(32)19-10-8-18(9-11-19)24(31)17-6-4-3-5-7-17/h3-16H,1-2H3,(H,27,32)(H,28,29,30). The first kappa shape index (κ1) is 25.3. The molecule has 0 saturated heterocycles. The van der Waals surface area contributed by atoms with Gasteiger partial charge < -0.3 is 14.8 Å². The van der Waals surface area contributed by atoms with Gasteiger partial charge in [0.1, 0.15) is 0 Å². The lowest BCUT2D eigenvalue weighted by molar-refractivity contribution is 0.102. The Morgan fingerprint density at radius 2 is 1.38 bits per heavy atom. The predicted molar refractivity (Wildman–Crippen MR) is 137 cm³/mol. The summed E-state index contributed by atoms with van der Waals surface area (Å²) in [6, 6.07) is 22.0. The van der Waals surface area contributed by atoms with Gasteiger partial charge in [0.05, 0.1) is 19.1 Å². The first-order chi connectivity index (χ1) is 17.8. The van der Waals surface area contributed by atoms with Crippen LogP contribution in [0.4, 0.5) is 11.5 Å². The van der Waals surface area contributed by atoms with E-state index < -0.39 is 15.9 Å². The highest BCUT2D eigenvalue weighted by Gasteiger charge is 2.17. The molecule has 0 aliphatic rings. The molecule has 0 saturated carbocycles. The van der Waals surface area contributed by atoms with E-state index in [2.05, 4.69) is 20.0 Å². The van der Waals surface area contributed by atoms with E-state index >= 15 is 0 Å². The Labute approximate surface area is 213 Å². The molecule has 4 aromatic rings. The molecule has 0 atom stereocenters. The second-order valence-electron chi connectivity index (χ2n) is 7.64. The summed E-state index contributed by atoms with van der Waals surface area (Å²) in [5.41, 5.74) is 1.75. The fourth-order valence-corrected chi connectivity index (χ4v) is 4.29. The van der Waals surface area contributed by atoms with Crippen molar-refractivity contribution < 1.29 is 27.5 Å². The van der Waals surface area contributed by atoms with Gasteiger partial charge in [0.2, 0.25) is 5.88 Å². The monoisotopic (exact) mass is 518 g/mol. The van der Waals surface area contributed by atoms with Crippen molar-refractivity contribution in [3.63, 3.8) is 0 Å². The molecule has 1 amide bonds. The van der Waals surface area contributed by atoms with E-state index in [9.17, 15) is 18.0 Å². The third-order valence-electron chi connectivity index (χ3n) is 5.18. The van der Waals surface area contributed by atoms with Crippen molar-refractivity contribution in [2.75, 3.05) is 24.3 Å². The summed E-state index contributed by atoms with van der Waals surface area (Å²) in [6.45, 7) is 0. The molecule has 37 heavy (non-hydrogen) atoms. The fraction of sp³-hybridized carbons (Fsp3) is 0.0769. The summed E-state index contributed by atoms with van der Waals surface area (Å²) < 4.78 is 37.9. The van der Waals surface area contributed by atoms with Crippen LogP contribution in [0.1, 0.15) is 26.3 Å². The van der Waals surface area contributed by atoms with Gasteiger partial charge in [0.15, 0.2) is 11.6 Å². The van der Waals surface area contributed by atoms with Crippen LogP contribution < -0.4 is 19.5 Å². The minimum absolute atomic E-state index is 0.0322. The van der Waals surface area contributed by atoms with Gasteiger partial charge >= 0.3 is 6.01 Å². The van der Waals surface area contributed by atoms with E-state index in [0.717, 1.165) is 0 Å². The number of hydrogen-bond acceptors (Lipinski definition) is 8. The van der Waals surface area contributed by atoms with Crippen molar-refractivity contribution in [3.8, 4) is 11.9 Å². The zero-order valence-corrected chi connectivity index (χ0v) is 20.7. The van der Waals surface area contributed by atoms with Crippen molar-refractivity contribution >= 4 is 33.2 Å². The molecule has 1 heterocycles. The molecule has 0 unspecified atom stereocenters. The number of carbonyl (C=O) groups is 2. The molecule has 0 bridgehead atoms. The number of anilines is 2. The minimum Gasteiger partial charge on any atom is -0.481 e. The van der Waals surface area contributed by atoms with Gasteiger partial charge in [0, 0.05) is 28.4 Å². The van der Waals surface area contributed by atoms with Crippen LogP contribution in [0.5, 0.6) is 11.9 Å². The topological polar surface area (TPSA) is 137 Å². The molecule has 3 aromatic carbocycles. The summed E-state index contributed by atoms with van der Waals surface area (Å²) in [6.07, 6.45) is 0. The number of rotatable bonds is 9. The third kappa shape index (κ3) is 6.08. The maximum Gasteiger partial charge on any atom is 0.321 e. The Bertz CT molecular complexity index is 1500. The highest BCUT2D eigenvalue weighted by molar-refractivity contribution is 7.92. The highest BCUT2D eigenvalue weighted by atomic mass is 32.2. The summed E-state index contributed by atoms with van der Waals surface area (Å²) in [7, 11) is -1.27. The summed E-state index contributed by atoms with van der Waals surface area (Å²) in [4.78, 5) is 33.0. The molecular weight excluding hydrogens is 496 g/mol. The van der Waals surface area contributed by atoms with Crippen LogP contribution in [0.15, 0.2) is 89.8 Å². The maximum absolute atomic E-state index is 12.8. The molecule has 188 valence electrons. The quantitative estimate of drug-likeness (QED) is 0.320. The van der Waals surface area contributed by atoms with Gasteiger partial charge in [-0.25, -0.2) is 8.42 Å². The number of ether oxygens (including phenoxy) is 2. The molecule has 2 N–H and O–H groups in total. The number of benzene rings is 3. The van der Waals surface area contributed by atoms with Crippen LogP contribution >= 0.6 is 0 Å². The van der Waals surface area contributed by atoms with E-state index in [0.29, 0.717) is 22.4 Å². The van der Waals surface area contributed by atoms with Crippen molar-refractivity contribution in [1.82, 2.24) is 9.97 Å². The number of methoxy groups -OCH3 is 2. The lowest BCUT2D eigenvalue weighted by Gasteiger charge is -2.10. The Balaban J connectivity index is 1.43. The Kier molecular flexibility index (Phi) is 7.44. The van der Waals surface area contributed by atoms with Gasteiger partial charge in [0.25, 0.3) is 15.9 Å². The number of sulfonamides is 1. The van der Waals surface area contributed by atoms with E-state index in [1.165, 1.54) is 44.6 Å². The number of hydrogen-bond donors (Lipinski definition) is 2. The van der Waals surface area contributed by atoms with Gasteiger partial charge in [-0.05, 0) is 36.4 Å². The minimum atomic E-state index is -3.99. The molecule has 0 spiro atoms. The largest absolute Gasteiger partial charge is 0.481 e. The van der Waals surface area contributed by atoms with Gasteiger partial charge in [-0.3, -0.25) is 14.3 Å². The highest BCUT2D eigenvalue weighted by Crippen LogP contribution is 2.22. The van der Waals surface area contributed by atoms with Crippen LogP contribution in [0, 0.1) is 0 Å². The number of nitrogens with one attached hydrogen (secondary N) is 2. The lowest BCUT2D eigenvalue weighted by Crippen LogP contribution is -2.15. The van der Waals surface area contributed by atoms with Crippen molar-refractivity contribution in [2.24, 2.45) is 0 Å². The van der Waals surface area contributed by atoms with Crippen LogP contribution in [0.3, 0.4) is 0 Å². The zero-order chi connectivity index (χ0) is 26.4. The van der Waals surface area contributed by atoms with Crippen LogP contribution in [0.25, 0.3) is 0 Å². The van der Waals surface area contributed by atoms with E-state index in [1.54, 1.807) is 48.5 Å². The molecule has 1 aromatic heterocycles. The average molecular weight is 519 g/mol. The number of carbonyl (C=O) groups excluding carboxylic acids is 2. The smallest absolute Gasteiger partial charge is 0.321 e. The van der Waals surface area contributed by atoms with Gasteiger partial charge in [-0.1, -0.05) is 42.5 Å². The zero-order valence-electron chi connectivity index (χ0n) is 19.8. The van der Waals surface area contributed by atoms with E-state index in [-0.39, 0.29) is 28.4 Å². The lowest BCUT2D eigenvalue weighted by atomic mass is 10.0. The average Bonchev–Trinajstić information content (AvgIpc) is 2.93. The van der Waals surface area contributed by atoms with Crippen LogP contribution in [-0.4, -0.2) is 44.3 Å². The first-order valence-electron chi connectivity index (χ1n) is 10.9. The maximum atomic E-state index is 12.8. The molecule has 0 fully saturated rings. The summed E-state index contributed by atoms with van der Waals surface area (Å²) >= 11 is 0. The fourth-order valence-electron chi connectivity index (χ4n) is 3.30. The SMILES string of the molecule is COc1cc(NS(=O)(=O)c2ccc(NC(=O)c3ccc(C(=O)c4ccccc4)cc3)cc2)nc(OC)n1. The second kappa shape index (κ2) is 10.9. The van der Waals surface area contributed by atoms with Crippen LogP contribution in [0.2, 0.25) is 0 Å². The number of nitrogens with zero attached hydrogens (tertiary/aromatic N) is 2. The van der Waals surface area contributed by atoms with Gasteiger partial charge in [-0.2, -0.15) is 9.97 Å². The van der Waals surface area contributed by atoms with Crippen molar-refractivity contribution in [3.05, 3.63) is 102 Å². The third-order valence-corrected chi connectivity index (χ3v) is 6.55. The normalized spacial score (nSPS) is 10.9. The van der Waals surface area contributed by atoms with Crippen molar-refractivity contribution in [1.29, 1.82) is 0 Å².